The van der Waals surface area contributed by atoms with Crippen molar-refractivity contribution >= 4 is 28.5 Å². The van der Waals surface area contributed by atoms with Crippen LogP contribution >= 0.6 is 11.5 Å². The normalized spacial score (nSPS) is 28.6. The lowest BCUT2D eigenvalue weighted by Crippen LogP contribution is -2.66. The van der Waals surface area contributed by atoms with Crippen molar-refractivity contribution in [1.82, 2.24) is 9.36 Å². The van der Waals surface area contributed by atoms with Gasteiger partial charge in [0.25, 0.3) is 5.91 Å². The molecule has 2 aromatic rings. The molecule has 1 amide bonds. The summed E-state index contributed by atoms with van der Waals surface area (Å²) in [5, 5.41) is 3.40. The van der Waals surface area contributed by atoms with Crippen LogP contribution in [0.2, 0.25) is 0 Å². The molecule has 7 nitrogen and oxygen atoms in total. The largest absolute Gasteiger partial charge is 0.455 e. The maximum Gasteiger partial charge on any atom is 0.317 e. The Bertz CT molecular complexity index is 949. The van der Waals surface area contributed by atoms with Gasteiger partial charge in [-0.1, -0.05) is 56.0 Å². The van der Waals surface area contributed by atoms with Crippen LogP contribution in [0.3, 0.4) is 0 Å². The predicted octanol–water partition coefficient (Wildman–Crippen LogP) is 3.92. The first-order chi connectivity index (χ1) is 16.1. The standard InChI is InChI=1S/C25H32N4O3S/c30-22(28-24-26-18-27-33-24)17-29-14-10-19(11-15-29)21(16-29)32-23(31)25(12-6-1-2-7-13-25)20-8-4-3-5-9-20/h3-5,8-9,18-19,21H,1-2,6-7,10-17H2/p+1. The molecule has 1 unspecified atom stereocenters. The van der Waals surface area contributed by atoms with Crippen molar-refractivity contribution in [2.75, 3.05) is 31.5 Å². The van der Waals surface area contributed by atoms with E-state index in [0.717, 1.165) is 63.7 Å². The summed E-state index contributed by atoms with van der Waals surface area (Å²) in [6.45, 7) is 3.05. The van der Waals surface area contributed by atoms with Crippen molar-refractivity contribution in [2.24, 2.45) is 5.92 Å². The summed E-state index contributed by atoms with van der Waals surface area (Å²) < 4.78 is 11.0. The van der Waals surface area contributed by atoms with E-state index in [1.807, 2.05) is 18.2 Å². The summed E-state index contributed by atoms with van der Waals surface area (Å²) >= 11 is 1.18. The maximum atomic E-state index is 13.8. The molecule has 176 valence electrons. The first-order valence-electron chi connectivity index (χ1n) is 12.3. The highest BCUT2D eigenvalue weighted by atomic mass is 32.1. The van der Waals surface area contributed by atoms with E-state index in [-0.39, 0.29) is 18.0 Å². The second-order valence-corrected chi connectivity index (χ2v) is 10.8. The van der Waals surface area contributed by atoms with E-state index in [1.54, 1.807) is 0 Å². The minimum Gasteiger partial charge on any atom is -0.455 e. The highest BCUT2D eigenvalue weighted by Gasteiger charge is 2.51. The lowest BCUT2D eigenvalue weighted by atomic mass is 9.74. The lowest BCUT2D eigenvalue weighted by Gasteiger charge is -2.52. The number of nitrogens with zero attached hydrogens (tertiary/aromatic N) is 3. The highest BCUT2D eigenvalue weighted by Crippen LogP contribution is 2.42. The van der Waals surface area contributed by atoms with Gasteiger partial charge in [0, 0.05) is 30.3 Å². The van der Waals surface area contributed by atoms with Crippen molar-refractivity contribution in [1.29, 1.82) is 0 Å². The molecule has 0 radical (unpaired) electrons. The molecule has 4 fully saturated rings. The van der Waals surface area contributed by atoms with Gasteiger partial charge in [-0.15, -0.1) is 0 Å². The van der Waals surface area contributed by atoms with Gasteiger partial charge in [-0.05, 0) is 18.4 Å². The number of hydrogen-bond acceptors (Lipinski definition) is 6. The number of hydrogen-bond donors (Lipinski definition) is 1. The third-order valence-corrected chi connectivity index (χ3v) is 8.64. The summed E-state index contributed by atoms with van der Waals surface area (Å²) in [5.41, 5.74) is 0.558. The zero-order chi connectivity index (χ0) is 22.7. The highest BCUT2D eigenvalue weighted by molar-refractivity contribution is 7.09. The minimum atomic E-state index is -0.538. The Labute approximate surface area is 199 Å². The van der Waals surface area contributed by atoms with Crippen LogP contribution in [-0.4, -0.2) is 58.0 Å². The van der Waals surface area contributed by atoms with Crippen LogP contribution in [0.1, 0.15) is 56.9 Å². The van der Waals surface area contributed by atoms with Crippen LogP contribution < -0.4 is 5.32 Å². The molecule has 0 spiro atoms. The molecule has 4 aliphatic rings. The number of quaternary nitrogens is 1. The fourth-order valence-electron chi connectivity index (χ4n) is 6.22. The second kappa shape index (κ2) is 9.50. The summed E-state index contributed by atoms with van der Waals surface area (Å²) in [5.74, 6) is 0.311. The van der Waals surface area contributed by atoms with Crippen LogP contribution in [0.25, 0.3) is 0 Å². The Balaban J connectivity index is 1.31. The van der Waals surface area contributed by atoms with E-state index in [1.165, 1.54) is 30.7 Å². The van der Waals surface area contributed by atoms with Gasteiger partial charge in [-0.25, -0.2) is 4.98 Å². The average molecular weight is 470 g/mol. The van der Waals surface area contributed by atoms with E-state index in [2.05, 4.69) is 26.8 Å². The molecule has 1 aromatic carbocycles. The monoisotopic (exact) mass is 469 g/mol. The molecular formula is C25H33N4O3S+. The molecule has 6 rings (SSSR count). The van der Waals surface area contributed by atoms with Gasteiger partial charge in [0.05, 0.1) is 18.5 Å². The lowest BCUT2D eigenvalue weighted by molar-refractivity contribution is -0.939. The van der Waals surface area contributed by atoms with Crippen LogP contribution in [0.5, 0.6) is 0 Å². The number of nitrogens with one attached hydrogen (secondary N) is 1. The van der Waals surface area contributed by atoms with Gasteiger partial charge in [0.2, 0.25) is 5.13 Å². The van der Waals surface area contributed by atoms with Gasteiger partial charge < -0.3 is 9.22 Å². The van der Waals surface area contributed by atoms with Crippen molar-refractivity contribution < 1.29 is 18.8 Å². The first-order valence-corrected chi connectivity index (χ1v) is 13.0. The number of anilines is 1. The number of rotatable bonds is 6. The molecule has 8 heteroatoms. The van der Waals surface area contributed by atoms with Crippen LogP contribution in [0.15, 0.2) is 36.7 Å². The molecule has 1 atom stereocenters. The molecule has 2 bridgehead atoms. The van der Waals surface area contributed by atoms with Crippen LogP contribution in [0, 0.1) is 5.92 Å². The number of carbonyl (C=O) groups excluding carboxylic acids is 2. The first kappa shape index (κ1) is 22.5. The van der Waals surface area contributed by atoms with E-state index >= 15 is 0 Å². The summed E-state index contributed by atoms with van der Waals surface area (Å²) in [6.07, 6.45) is 9.53. The Kier molecular flexibility index (Phi) is 6.47. The molecule has 1 aliphatic carbocycles. The third-order valence-electron chi connectivity index (χ3n) is 8.06. The predicted molar refractivity (Wildman–Crippen MR) is 127 cm³/mol. The Morgan fingerprint density at radius 3 is 2.48 bits per heavy atom. The molecule has 1 N–H and O–H groups in total. The smallest absolute Gasteiger partial charge is 0.317 e. The maximum absolute atomic E-state index is 13.8. The molecule has 1 saturated carbocycles. The van der Waals surface area contributed by atoms with Gasteiger partial charge in [-0.3, -0.25) is 14.9 Å². The number of amides is 1. The number of carbonyl (C=O) groups is 2. The number of fused-ring (bicyclic) bond motifs is 3. The minimum absolute atomic E-state index is 0.0401. The van der Waals surface area contributed by atoms with Crippen molar-refractivity contribution in [3.63, 3.8) is 0 Å². The topological polar surface area (TPSA) is 81.2 Å². The average Bonchev–Trinajstić information content (AvgIpc) is 3.20. The quantitative estimate of drug-likeness (QED) is 0.394. The SMILES string of the molecule is O=C(C[N+]12CCC(CC1)C(OC(=O)C1(c3ccccc3)CCCCCC1)C2)Nc1ncns1. The number of ether oxygens (including phenoxy) is 1. The molecular weight excluding hydrogens is 436 g/mol. The third kappa shape index (κ3) is 4.68. The zero-order valence-electron chi connectivity index (χ0n) is 19.1. The summed E-state index contributed by atoms with van der Waals surface area (Å²) in [6, 6.07) is 10.2. The summed E-state index contributed by atoms with van der Waals surface area (Å²) in [7, 11) is 0. The number of esters is 1. The van der Waals surface area contributed by atoms with Gasteiger partial charge in [-0.2, -0.15) is 4.37 Å². The van der Waals surface area contributed by atoms with E-state index in [0.29, 0.717) is 22.1 Å². The van der Waals surface area contributed by atoms with Crippen molar-refractivity contribution in [3.05, 3.63) is 42.2 Å². The fourth-order valence-corrected chi connectivity index (χ4v) is 6.67. The zero-order valence-corrected chi connectivity index (χ0v) is 19.9. The number of piperidine rings is 3. The molecule has 33 heavy (non-hydrogen) atoms. The Morgan fingerprint density at radius 2 is 1.82 bits per heavy atom. The molecule has 1 aromatic heterocycles. The van der Waals surface area contributed by atoms with E-state index < -0.39 is 5.41 Å². The van der Waals surface area contributed by atoms with E-state index in [4.69, 9.17) is 4.74 Å². The van der Waals surface area contributed by atoms with Crippen molar-refractivity contribution in [3.8, 4) is 0 Å². The van der Waals surface area contributed by atoms with Gasteiger partial charge in [0.15, 0.2) is 12.6 Å². The Morgan fingerprint density at radius 1 is 1.09 bits per heavy atom. The molecule has 3 saturated heterocycles. The molecule has 3 aliphatic heterocycles. The number of benzene rings is 1. The van der Waals surface area contributed by atoms with Crippen LogP contribution in [-0.2, 0) is 19.7 Å². The van der Waals surface area contributed by atoms with Gasteiger partial charge in [0.1, 0.15) is 12.9 Å². The van der Waals surface area contributed by atoms with Crippen molar-refractivity contribution in [2.45, 2.75) is 62.9 Å². The van der Waals surface area contributed by atoms with Gasteiger partial charge >= 0.3 is 5.97 Å². The second-order valence-electron chi connectivity index (χ2n) is 10.1. The number of aromatic nitrogens is 2. The Hall–Kier alpha value is -2.32. The van der Waals surface area contributed by atoms with E-state index in [9.17, 15) is 9.59 Å². The fraction of sp³-hybridized carbons (Fsp3) is 0.600. The van der Waals surface area contributed by atoms with Crippen LogP contribution in [0.4, 0.5) is 5.13 Å². The summed E-state index contributed by atoms with van der Waals surface area (Å²) in [4.78, 5) is 30.6. The molecule has 4 heterocycles.